The average Bonchev–Trinajstić information content (AvgIpc) is 2.85. The molecule has 0 aliphatic heterocycles. The van der Waals surface area contributed by atoms with Gasteiger partial charge in [-0.25, -0.2) is 9.59 Å². The third-order valence-corrected chi connectivity index (χ3v) is 5.99. The van der Waals surface area contributed by atoms with Crippen molar-refractivity contribution < 1.29 is 43.2 Å². The first kappa shape index (κ1) is 31.9. The number of hydrogen-bond donors (Lipinski definition) is 2. The van der Waals surface area contributed by atoms with E-state index in [9.17, 15) is 24.3 Å². The van der Waals surface area contributed by atoms with Crippen LogP contribution in [0.15, 0.2) is 18.2 Å². The van der Waals surface area contributed by atoms with Gasteiger partial charge < -0.3 is 24.1 Å². The van der Waals surface area contributed by atoms with Gasteiger partial charge in [-0.1, -0.05) is 53.5 Å². The quantitative estimate of drug-likeness (QED) is 0.186. The molecule has 1 aromatic rings. The van der Waals surface area contributed by atoms with Crippen molar-refractivity contribution in [1.29, 1.82) is 0 Å². The van der Waals surface area contributed by atoms with Crippen molar-refractivity contribution in [2.75, 3.05) is 7.11 Å². The van der Waals surface area contributed by atoms with Gasteiger partial charge in [-0.15, -0.1) is 0 Å². The molecule has 37 heavy (non-hydrogen) atoms. The molecule has 1 rings (SSSR count). The molecule has 0 radical (unpaired) electrons. The Morgan fingerprint density at radius 2 is 1.46 bits per heavy atom. The molecule has 3 unspecified atom stereocenters. The largest absolute Gasteiger partial charge is 0.510 e. The van der Waals surface area contributed by atoms with Gasteiger partial charge in [0, 0.05) is 12.5 Å². The number of aliphatic carboxylic acids is 1. The second-order valence-corrected chi connectivity index (χ2v) is 9.32. The van der Waals surface area contributed by atoms with E-state index in [4.69, 9.17) is 14.2 Å². The Kier molecular flexibility index (Phi) is 13.1. The van der Waals surface area contributed by atoms with E-state index in [-0.39, 0.29) is 29.9 Å². The van der Waals surface area contributed by atoms with Crippen LogP contribution in [0.2, 0.25) is 0 Å². The van der Waals surface area contributed by atoms with E-state index in [0.717, 1.165) is 20.0 Å². The molecule has 10 heteroatoms. The summed E-state index contributed by atoms with van der Waals surface area (Å²) >= 11 is 0. The number of methoxy groups -OCH3 is 1. The lowest BCUT2D eigenvalue weighted by Crippen LogP contribution is -2.59. The number of carboxylic acids is 1. The van der Waals surface area contributed by atoms with Crippen molar-refractivity contribution in [3.63, 3.8) is 0 Å². The highest BCUT2D eigenvalue weighted by Crippen LogP contribution is 2.32. The molecule has 0 aliphatic carbocycles. The van der Waals surface area contributed by atoms with E-state index in [0.29, 0.717) is 24.8 Å². The number of esters is 2. The van der Waals surface area contributed by atoms with Gasteiger partial charge in [-0.05, 0) is 43.9 Å². The van der Waals surface area contributed by atoms with Crippen molar-refractivity contribution in [3.8, 4) is 11.5 Å². The second-order valence-electron chi connectivity index (χ2n) is 9.32. The van der Waals surface area contributed by atoms with Crippen molar-refractivity contribution in [2.45, 2.75) is 91.8 Å². The minimum atomic E-state index is -2.16. The fraction of sp³-hybridized carbons (Fsp3) is 0.630. The van der Waals surface area contributed by atoms with Crippen molar-refractivity contribution >= 4 is 24.1 Å². The molecule has 4 atom stereocenters. The SMILES string of the molecule is CCCC(C)C(=O)Oc1ccc(C[C@](NC(C)CC)(OC(=O)OC)C(=O)O)cc1OC(=O)C(C)CCC. The van der Waals surface area contributed by atoms with Crippen LogP contribution in [0.25, 0.3) is 0 Å². The molecule has 208 valence electrons. The Morgan fingerprint density at radius 1 is 0.919 bits per heavy atom. The van der Waals surface area contributed by atoms with Gasteiger partial charge in [0.1, 0.15) is 0 Å². The lowest BCUT2D eigenvalue weighted by Gasteiger charge is -2.32. The van der Waals surface area contributed by atoms with E-state index in [1.54, 1.807) is 20.8 Å². The number of ether oxygens (including phenoxy) is 4. The van der Waals surface area contributed by atoms with E-state index >= 15 is 0 Å². The van der Waals surface area contributed by atoms with Crippen LogP contribution in [-0.2, 0) is 30.3 Å². The summed E-state index contributed by atoms with van der Waals surface area (Å²) in [6.07, 6.45) is 1.88. The molecule has 0 bridgehead atoms. The highest BCUT2D eigenvalue weighted by Gasteiger charge is 2.44. The number of benzene rings is 1. The maximum Gasteiger partial charge on any atom is 0.510 e. The fourth-order valence-corrected chi connectivity index (χ4v) is 3.62. The van der Waals surface area contributed by atoms with Gasteiger partial charge in [0.05, 0.1) is 18.9 Å². The standard InChI is InChI=1S/C27H41NO9/c1-8-11-17(4)23(29)35-21-14-13-20(15-22(21)36-24(30)18(5)12-9-2)16-27(25(31)32,28-19(6)10-3)37-26(33)34-7/h13-15,17-19,28H,8-12,16H2,1-7H3,(H,31,32)/t17?,18?,19?,27-/m0/s1. The van der Waals surface area contributed by atoms with Gasteiger partial charge in [0.25, 0.3) is 5.72 Å². The Morgan fingerprint density at radius 3 is 1.92 bits per heavy atom. The number of rotatable bonds is 15. The molecule has 10 nitrogen and oxygen atoms in total. The molecule has 0 amide bonds. The van der Waals surface area contributed by atoms with Crippen molar-refractivity contribution in [3.05, 3.63) is 23.8 Å². The predicted molar refractivity (Wildman–Crippen MR) is 136 cm³/mol. The van der Waals surface area contributed by atoms with Crippen LogP contribution in [0.4, 0.5) is 4.79 Å². The maximum absolute atomic E-state index is 12.7. The molecule has 1 aromatic carbocycles. The Labute approximate surface area is 219 Å². The summed E-state index contributed by atoms with van der Waals surface area (Å²) in [5, 5.41) is 12.9. The zero-order chi connectivity index (χ0) is 28.2. The van der Waals surface area contributed by atoms with E-state index < -0.39 is 35.7 Å². The minimum Gasteiger partial charge on any atom is -0.477 e. The lowest BCUT2D eigenvalue weighted by molar-refractivity contribution is -0.166. The zero-order valence-electron chi connectivity index (χ0n) is 22.9. The Balaban J connectivity index is 3.47. The Hall–Kier alpha value is -3.14. The molecule has 0 aliphatic rings. The molecule has 0 fully saturated rings. The summed E-state index contributed by atoms with van der Waals surface area (Å²) in [4.78, 5) is 49.6. The highest BCUT2D eigenvalue weighted by atomic mass is 16.7. The lowest BCUT2D eigenvalue weighted by atomic mass is 10.00. The van der Waals surface area contributed by atoms with Crippen molar-refractivity contribution in [2.24, 2.45) is 11.8 Å². The number of carbonyl (C=O) groups is 4. The van der Waals surface area contributed by atoms with Gasteiger partial charge in [-0.3, -0.25) is 14.9 Å². The van der Waals surface area contributed by atoms with Crippen molar-refractivity contribution in [1.82, 2.24) is 5.32 Å². The van der Waals surface area contributed by atoms with Crippen LogP contribution in [0.1, 0.15) is 79.2 Å². The van der Waals surface area contributed by atoms with Gasteiger partial charge in [0.2, 0.25) is 0 Å². The van der Waals surface area contributed by atoms with Crippen LogP contribution >= 0.6 is 0 Å². The molecule has 0 spiro atoms. The van der Waals surface area contributed by atoms with Crippen LogP contribution in [-0.4, -0.2) is 48.0 Å². The topological polar surface area (TPSA) is 137 Å². The predicted octanol–water partition coefficient (Wildman–Crippen LogP) is 4.86. The first-order valence-electron chi connectivity index (χ1n) is 12.8. The summed E-state index contributed by atoms with van der Waals surface area (Å²) in [5.74, 6) is -3.16. The van der Waals surface area contributed by atoms with E-state index in [1.807, 2.05) is 20.8 Å². The summed E-state index contributed by atoms with van der Waals surface area (Å²) < 4.78 is 20.9. The monoisotopic (exact) mass is 523 g/mol. The molecule has 2 N–H and O–H groups in total. The number of carbonyl (C=O) groups excluding carboxylic acids is 3. The Bertz CT molecular complexity index is 932. The van der Waals surface area contributed by atoms with Gasteiger partial charge in [0.15, 0.2) is 11.5 Å². The highest BCUT2D eigenvalue weighted by molar-refractivity contribution is 5.81. The number of nitrogens with one attached hydrogen (secondary N) is 1. The first-order chi connectivity index (χ1) is 17.4. The van der Waals surface area contributed by atoms with Crippen LogP contribution < -0.4 is 14.8 Å². The summed E-state index contributed by atoms with van der Waals surface area (Å²) in [5.41, 5.74) is -1.80. The number of hydrogen-bond acceptors (Lipinski definition) is 9. The number of carboxylic acid groups (broad SMARTS) is 1. The van der Waals surface area contributed by atoms with E-state index in [1.165, 1.54) is 18.2 Å². The fourth-order valence-electron chi connectivity index (χ4n) is 3.62. The molecule has 0 aromatic heterocycles. The molecular formula is C27H41NO9. The molecular weight excluding hydrogens is 482 g/mol. The second kappa shape index (κ2) is 15.2. The molecule has 0 saturated heterocycles. The van der Waals surface area contributed by atoms with E-state index in [2.05, 4.69) is 10.1 Å². The zero-order valence-corrected chi connectivity index (χ0v) is 22.9. The molecule has 0 saturated carbocycles. The van der Waals surface area contributed by atoms with Crippen LogP contribution in [0.3, 0.4) is 0 Å². The summed E-state index contributed by atoms with van der Waals surface area (Å²) in [6, 6.07) is 4.05. The normalized spacial score (nSPS) is 15.0. The maximum atomic E-state index is 12.7. The molecule has 0 heterocycles. The summed E-state index contributed by atoms with van der Waals surface area (Å²) in [6.45, 7) is 11.0. The summed E-state index contributed by atoms with van der Waals surface area (Å²) in [7, 11) is 1.08. The van der Waals surface area contributed by atoms with Crippen LogP contribution in [0, 0.1) is 11.8 Å². The van der Waals surface area contributed by atoms with Crippen LogP contribution in [0.5, 0.6) is 11.5 Å². The third kappa shape index (κ3) is 9.68. The van der Waals surface area contributed by atoms with Gasteiger partial charge >= 0.3 is 24.1 Å². The average molecular weight is 524 g/mol. The smallest absolute Gasteiger partial charge is 0.477 e. The van der Waals surface area contributed by atoms with Gasteiger partial charge in [-0.2, -0.15) is 0 Å². The minimum absolute atomic E-state index is 0.0246. The first-order valence-corrected chi connectivity index (χ1v) is 12.8. The third-order valence-electron chi connectivity index (χ3n) is 5.99.